The van der Waals surface area contributed by atoms with Crippen molar-refractivity contribution in [2.75, 3.05) is 0 Å². The number of rotatable bonds is 13. The number of nitrogens with two attached hydrogens (primary N) is 3. The van der Waals surface area contributed by atoms with Crippen LogP contribution in [0.5, 0.6) is 0 Å². The van der Waals surface area contributed by atoms with Crippen molar-refractivity contribution < 1.29 is 24.0 Å². The molecule has 0 heterocycles. The molecule has 11 nitrogen and oxygen atoms in total. The van der Waals surface area contributed by atoms with Crippen LogP contribution in [0.1, 0.15) is 53.9 Å². The lowest BCUT2D eigenvalue weighted by Gasteiger charge is -2.27. The third-order valence-corrected chi connectivity index (χ3v) is 4.91. The van der Waals surface area contributed by atoms with E-state index in [1.54, 1.807) is 20.8 Å². The maximum Gasteiger partial charge on any atom is 0.243 e. The van der Waals surface area contributed by atoms with Gasteiger partial charge in [0.05, 0.1) is 6.04 Å². The van der Waals surface area contributed by atoms with E-state index in [9.17, 15) is 24.0 Å². The summed E-state index contributed by atoms with van der Waals surface area (Å²) in [5, 5.41) is 7.58. The van der Waals surface area contributed by atoms with Gasteiger partial charge in [-0.05, 0) is 25.2 Å². The van der Waals surface area contributed by atoms with Crippen molar-refractivity contribution in [3.05, 3.63) is 0 Å². The van der Waals surface area contributed by atoms with Crippen molar-refractivity contribution >= 4 is 29.5 Å². The first-order valence-corrected chi connectivity index (χ1v) is 10.1. The molecule has 0 aromatic heterocycles. The molecular formula is C19H36N6O5. The molecule has 0 unspecified atom stereocenters. The largest absolute Gasteiger partial charge is 0.370 e. The molecule has 5 atom stereocenters. The van der Waals surface area contributed by atoms with Crippen LogP contribution in [-0.2, 0) is 24.0 Å². The maximum absolute atomic E-state index is 12.7. The molecule has 11 heteroatoms. The number of primary amides is 2. The fourth-order valence-corrected chi connectivity index (χ4v) is 2.49. The Balaban J connectivity index is 5.19. The Morgan fingerprint density at radius 3 is 1.83 bits per heavy atom. The van der Waals surface area contributed by atoms with Gasteiger partial charge in [-0.2, -0.15) is 0 Å². The molecule has 0 aromatic rings. The third kappa shape index (κ3) is 9.21. The standard InChI is InChI=1S/C19H36N6O5/c1-6-10(4)15(19(30)24-12(16(22)27)7-8-13(20)26)25-17(28)11(5)23-18(29)14(21)9(2)3/h9-12,14-15H,6-8,21H2,1-5H3,(H2,20,26)(H2,22,27)(H,23,29)(H,24,30)(H,25,28)/t10-,11-,12-,14-,15-/m0/s1. The van der Waals surface area contributed by atoms with Gasteiger partial charge < -0.3 is 33.2 Å². The van der Waals surface area contributed by atoms with Gasteiger partial charge in [-0.3, -0.25) is 24.0 Å². The van der Waals surface area contributed by atoms with E-state index in [0.29, 0.717) is 6.42 Å². The molecular weight excluding hydrogens is 392 g/mol. The zero-order valence-corrected chi connectivity index (χ0v) is 18.4. The Hall–Kier alpha value is -2.69. The third-order valence-electron chi connectivity index (χ3n) is 4.91. The summed E-state index contributed by atoms with van der Waals surface area (Å²) in [7, 11) is 0. The van der Waals surface area contributed by atoms with Crippen LogP contribution >= 0.6 is 0 Å². The van der Waals surface area contributed by atoms with Crippen LogP contribution in [0, 0.1) is 11.8 Å². The smallest absolute Gasteiger partial charge is 0.243 e. The van der Waals surface area contributed by atoms with Crippen LogP contribution in [0.2, 0.25) is 0 Å². The van der Waals surface area contributed by atoms with Gasteiger partial charge in [0.1, 0.15) is 18.1 Å². The maximum atomic E-state index is 12.7. The molecule has 0 aliphatic rings. The van der Waals surface area contributed by atoms with Crippen molar-refractivity contribution in [2.24, 2.45) is 29.0 Å². The number of amides is 5. The average Bonchev–Trinajstić information content (AvgIpc) is 2.66. The zero-order valence-electron chi connectivity index (χ0n) is 18.4. The minimum absolute atomic E-state index is 0.0445. The molecule has 0 rings (SSSR count). The number of carbonyl (C=O) groups excluding carboxylic acids is 5. The molecule has 5 amide bonds. The molecule has 0 saturated carbocycles. The van der Waals surface area contributed by atoms with Crippen molar-refractivity contribution in [3.63, 3.8) is 0 Å². The molecule has 0 radical (unpaired) electrons. The summed E-state index contributed by atoms with van der Waals surface area (Å²) in [6, 6.07) is -3.77. The lowest BCUT2D eigenvalue weighted by molar-refractivity contribution is -0.134. The zero-order chi connectivity index (χ0) is 23.6. The second kappa shape index (κ2) is 12.8. The molecule has 172 valence electrons. The molecule has 0 spiro atoms. The second-order valence-electron chi connectivity index (χ2n) is 7.84. The Morgan fingerprint density at radius 1 is 0.833 bits per heavy atom. The van der Waals surface area contributed by atoms with E-state index in [2.05, 4.69) is 16.0 Å². The highest BCUT2D eigenvalue weighted by Gasteiger charge is 2.31. The SMILES string of the molecule is CC[C@H](C)[C@H](NC(=O)[C@H](C)NC(=O)[C@@H](N)C(C)C)C(=O)N[C@@H](CCC(N)=O)C(N)=O. The molecule has 0 saturated heterocycles. The molecule has 0 fully saturated rings. The van der Waals surface area contributed by atoms with Crippen LogP contribution in [0.15, 0.2) is 0 Å². The van der Waals surface area contributed by atoms with Crippen molar-refractivity contribution in [1.82, 2.24) is 16.0 Å². The van der Waals surface area contributed by atoms with Gasteiger partial charge in [-0.25, -0.2) is 0 Å². The van der Waals surface area contributed by atoms with Crippen LogP contribution < -0.4 is 33.2 Å². The van der Waals surface area contributed by atoms with Gasteiger partial charge in [0.25, 0.3) is 0 Å². The van der Waals surface area contributed by atoms with Gasteiger partial charge >= 0.3 is 0 Å². The van der Waals surface area contributed by atoms with Crippen LogP contribution in [-0.4, -0.2) is 53.7 Å². The van der Waals surface area contributed by atoms with E-state index in [0.717, 1.165) is 0 Å². The van der Waals surface area contributed by atoms with E-state index >= 15 is 0 Å². The Labute approximate surface area is 177 Å². The summed E-state index contributed by atoms with van der Waals surface area (Å²) in [6.07, 6.45) is 0.379. The number of carbonyl (C=O) groups is 5. The van der Waals surface area contributed by atoms with Gasteiger partial charge in [-0.15, -0.1) is 0 Å². The quantitative estimate of drug-likeness (QED) is 0.201. The van der Waals surface area contributed by atoms with Gasteiger partial charge in [0, 0.05) is 6.42 Å². The Kier molecular flexibility index (Phi) is 11.6. The summed E-state index contributed by atoms with van der Waals surface area (Å²) in [6.45, 7) is 8.63. The normalized spacial score (nSPS) is 16.0. The highest BCUT2D eigenvalue weighted by atomic mass is 16.2. The van der Waals surface area contributed by atoms with E-state index in [1.807, 2.05) is 6.92 Å². The average molecular weight is 429 g/mol. The minimum atomic E-state index is -1.10. The molecule has 0 aliphatic heterocycles. The second-order valence-corrected chi connectivity index (χ2v) is 7.84. The molecule has 0 aliphatic carbocycles. The monoisotopic (exact) mass is 428 g/mol. The summed E-state index contributed by atoms with van der Waals surface area (Å²) >= 11 is 0. The lowest BCUT2D eigenvalue weighted by Crippen LogP contribution is -2.58. The molecule has 9 N–H and O–H groups in total. The molecule has 0 aromatic carbocycles. The van der Waals surface area contributed by atoms with Gasteiger partial charge in [0.2, 0.25) is 29.5 Å². The predicted octanol–water partition coefficient (Wildman–Crippen LogP) is -1.76. The summed E-state index contributed by atoms with van der Waals surface area (Å²) in [5.41, 5.74) is 16.1. The highest BCUT2D eigenvalue weighted by Crippen LogP contribution is 2.10. The van der Waals surface area contributed by atoms with Gasteiger partial charge in [-0.1, -0.05) is 34.1 Å². The molecule has 0 bridgehead atoms. The lowest BCUT2D eigenvalue weighted by atomic mass is 9.97. The van der Waals surface area contributed by atoms with Crippen molar-refractivity contribution in [1.29, 1.82) is 0 Å². The fourth-order valence-electron chi connectivity index (χ4n) is 2.49. The summed E-state index contributed by atoms with van der Waals surface area (Å²) < 4.78 is 0. The summed E-state index contributed by atoms with van der Waals surface area (Å²) in [5.74, 6) is -3.51. The minimum Gasteiger partial charge on any atom is -0.370 e. The van der Waals surface area contributed by atoms with E-state index < -0.39 is 53.7 Å². The van der Waals surface area contributed by atoms with Crippen LogP contribution in [0.4, 0.5) is 0 Å². The van der Waals surface area contributed by atoms with Gasteiger partial charge in [0.15, 0.2) is 0 Å². The summed E-state index contributed by atoms with van der Waals surface area (Å²) in [4.78, 5) is 59.9. The first kappa shape index (κ1) is 27.3. The highest BCUT2D eigenvalue weighted by molar-refractivity contribution is 5.94. The van der Waals surface area contributed by atoms with E-state index in [-0.39, 0.29) is 24.7 Å². The van der Waals surface area contributed by atoms with Crippen LogP contribution in [0.25, 0.3) is 0 Å². The fraction of sp³-hybridized carbons (Fsp3) is 0.737. The predicted molar refractivity (Wildman–Crippen MR) is 111 cm³/mol. The molecule has 30 heavy (non-hydrogen) atoms. The number of hydrogen-bond donors (Lipinski definition) is 6. The number of nitrogens with one attached hydrogen (secondary N) is 3. The van der Waals surface area contributed by atoms with Crippen LogP contribution in [0.3, 0.4) is 0 Å². The van der Waals surface area contributed by atoms with E-state index in [1.165, 1.54) is 6.92 Å². The van der Waals surface area contributed by atoms with E-state index in [4.69, 9.17) is 17.2 Å². The first-order chi connectivity index (χ1) is 13.8. The number of hydrogen-bond acceptors (Lipinski definition) is 6. The Morgan fingerprint density at radius 2 is 1.40 bits per heavy atom. The van der Waals surface area contributed by atoms with Crippen molar-refractivity contribution in [3.8, 4) is 0 Å². The van der Waals surface area contributed by atoms with Crippen molar-refractivity contribution in [2.45, 2.75) is 78.0 Å². The first-order valence-electron chi connectivity index (χ1n) is 10.1. The topological polar surface area (TPSA) is 200 Å². The Bertz CT molecular complexity index is 639.